The van der Waals surface area contributed by atoms with Crippen molar-refractivity contribution in [2.24, 2.45) is 22.9 Å². The lowest BCUT2D eigenvalue weighted by molar-refractivity contribution is -0.255. The molecule has 1 saturated carbocycles. The monoisotopic (exact) mass is 966 g/mol. The van der Waals surface area contributed by atoms with Gasteiger partial charge in [-0.25, -0.2) is 9.59 Å². The summed E-state index contributed by atoms with van der Waals surface area (Å²) >= 11 is 0. The van der Waals surface area contributed by atoms with Gasteiger partial charge in [0.25, 0.3) is 0 Å². The van der Waals surface area contributed by atoms with Crippen LogP contribution in [0.15, 0.2) is 47.7 Å². The lowest BCUT2D eigenvalue weighted by Crippen LogP contribution is -2.70. The van der Waals surface area contributed by atoms with Crippen LogP contribution in [-0.4, -0.2) is 91.5 Å². The van der Waals surface area contributed by atoms with Crippen molar-refractivity contribution in [3.8, 4) is 11.5 Å². The Kier molecular flexibility index (Phi) is 28.5. The quantitative estimate of drug-likeness (QED) is 0.0334. The van der Waals surface area contributed by atoms with Crippen LogP contribution < -0.4 is 14.8 Å². The summed E-state index contributed by atoms with van der Waals surface area (Å²) in [5.41, 5.74) is 2.58. The van der Waals surface area contributed by atoms with Crippen molar-refractivity contribution in [1.82, 2.24) is 10.2 Å². The molecule has 3 aliphatic rings. The highest BCUT2D eigenvalue weighted by Crippen LogP contribution is 2.62. The van der Waals surface area contributed by atoms with Gasteiger partial charge in [0.15, 0.2) is 0 Å². The molecule has 2 amide bonds. The molecule has 6 unspecified atom stereocenters. The predicted molar refractivity (Wildman–Crippen MR) is 278 cm³/mol. The number of hydrogen-bond donors (Lipinski definition) is 3. The molecule has 1 aromatic carbocycles. The van der Waals surface area contributed by atoms with Gasteiger partial charge in [0.2, 0.25) is 5.79 Å². The van der Waals surface area contributed by atoms with Crippen molar-refractivity contribution in [3.63, 3.8) is 0 Å². The van der Waals surface area contributed by atoms with Crippen molar-refractivity contribution in [2.45, 2.75) is 218 Å². The van der Waals surface area contributed by atoms with Crippen LogP contribution in [0.4, 0.5) is 9.59 Å². The summed E-state index contributed by atoms with van der Waals surface area (Å²) in [6.07, 6.45) is 32.9. The van der Waals surface area contributed by atoms with E-state index in [4.69, 9.17) is 28.9 Å². The topological polar surface area (TPSA) is 148 Å². The smallest absolute Gasteiger partial charge is 0.412 e. The Morgan fingerprint density at radius 2 is 1.42 bits per heavy atom. The van der Waals surface area contributed by atoms with Crippen LogP contribution in [0.2, 0.25) is 0 Å². The first-order chi connectivity index (χ1) is 33.8. The lowest BCUT2D eigenvalue weighted by Gasteiger charge is -2.59. The average Bonchev–Trinajstić information content (AvgIpc) is 3.35. The van der Waals surface area contributed by atoms with Crippen LogP contribution in [0.3, 0.4) is 0 Å². The molecule has 1 aromatic rings. The van der Waals surface area contributed by atoms with Crippen LogP contribution in [0.1, 0.15) is 212 Å². The number of carbonyl (C=O) groups excluding carboxylic acids is 2. The minimum atomic E-state index is -1.38. The molecule has 0 bridgehead atoms. The molecule has 12 heteroatoms. The summed E-state index contributed by atoms with van der Waals surface area (Å²) in [4.78, 5) is 35.2. The maximum atomic E-state index is 14.5. The Hall–Kier alpha value is -3.61. The number of amides is 2. The van der Waals surface area contributed by atoms with Gasteiger partial charge in [0.1, 0.15) is 24.7 Å². The molecule has 0 radical (unpaired) electrons. The highest BCUT2D eigenvalue weighted by molar-refractivity contribution is 6.03. The number of ether oxygens (including phenoxy) is 4. The Morgan fingerprint density at radius 1 is 0.812 bits per heavy atom. The van der Waals surface area contributed by atoms with Gasteiger partial charge in [-0.15, -0.1) is 6.58 Å². The predicted octanol–water partition coefficient (Wildman–Crippen LogP) is 13.7. The largest absolute Gasteiger partial charge is 0.459 e. The molecule has 69 heavy (non-hydrogen) atoms. The van der Waals surface area contributed by atoms with Crippen LogP contribution in [0.5, 0.6) is 11.5 Å². The van der Waals surface area contributed by atoms with Crippen molar-refractivity contribution in [1.29, 1.82) is 0 Å². The van der Waals surface area contributed by atoms with E-state index in [1.54, 1.807) is 24.2 Å². The van der Waals surface area contributed by atoms with E-state index in [9.17, 15) is 19.8 Å². The van der Waals surface area contributed by atoms with Gasteiger partial charge >= 0.3 is 12.2 Å². The summed E-state index contributed by atoms with van der Waals surface area (Å²) in [5.74, 6) is -0.917. The number of nitrogens with zero attached hydrogens (tertiary/aromatic N) is 2. The second-order valence-corrected chi connectivity index (χ2v) is 19.9. The minimum absolute atomic E-state index is 0.0456. The highest BCUT2D eigenvalue weighted by atomic mass is 16.7. The number of benzene rings is 1. The zero-order valence-electron chi connectivity index (χ0n) is 43.7. The van der Waals surface area contributed by atoms with Crippen molar-refractivity contribution in [2.75, 3.05) is 46.6 Å². The van der Waals surface area contributed by atoms with E-state index in [-0.39, 0.29) is 37.6 Å². The number of oxime groups is 1. The standard InChI is InChI=1S/C57H95N3O9/c1-6-10-12-14-16-18-20-22-24-28-36-58-55(63)68-46-34-35-51-49(43-46)53-47(33-27-30-39-62)45(32-26-29-38-61)42-48-50(59-65-5)44-52(57(69-51,54(48)53)67-40-9-4)60(37-8-3)56(64)66-41-31-25-23-21-19-17-15-13-11-7-2/h9,34-35,42-43,45,47,52-54,61-62H,4,6-8,10-33,36-41,44H2,1-3,5H3,(H,58,63). The van der Waals surface area contributed by atoms with Gasteiger partial charge in [0, 0.05) is 44.2 Å². The number of fused-ring (bicyclic) bond motifs is 2. The van der Waals surface area contributed by atoms with Crippen molar-refractivity contribution < 1.29 is 43.6 Å². The molecular weight excluding hydrogens is 871 g/mol. The summed E-state index contributed by atoms with van der Waals surface area (Å²) in [7, 11) is 1.55. The molecule has 3 N–H and O–H groups in total. The van der Waals surface area contributed by atoms with E-state index in [0.717, 1.165) is 74.6 Å². The van der Waals surface area contributed by atoms with E-state index in [2.05, 4.69) is 38.7 Å². The molecule has 1 aliphatic heterocycles. The first kappa shape index (κ1) is 58.0. The third-order valence-electron chi connectivity index (χ3n) is 14.7. The summed E-state index contributed by atoms with van der Waals surface area (Å²) in [5, 5.41) is 27.5. The molecule has 6 atom stereocenters. The first-order valence-electron chi connectivity index (χ1n) is 27.8. The molecular formula is C57H95N3O9. The Labute approximate surface area is 417 Å². The molecule has 2 aliphatic carbocycles. The molecule has 0 aromatic heterocycles. The first-order valence-corrected chi connectivity index (χ1v) is 27.8. The highest BCUT2D eigenvalue weighted by Gasteiger charge is 2.65. The number of allylic oxidation sites excluding steroid dienone is 1. The number of hydrogen-bond acceptors (Lipinski definition) is 10. The zero-order valence-corrected chi connectivity index (χ0v) is 43.7. The number of unbranched alkanes of at least 4 members (excludes halogenated alkanes) is 20. The SMILES string of the molecule is C=CCOC12Oc3ccc(OC(=O)NCCCCCCCCCCCC)cc3C3C(CCCCO)C(CCCCO)C=C(C(=NOC)CC1N(CCC)C(=O)OCCCCCCCCCCCC)C32. The number of rotatable bonds is 38. The number of nitrogens with one attached hydrogen (secondary N) is 1. The molecule has 4 rings (SSSR count). The molecule has 1 fully saturated rings. The van der Waals surface area contributed by atoms with Gasteiger partial charge in [-0.05, 0) is 80.6 Å². The van der Waals surface area contributed by atoms with E-state index in [1.165, 1.54) is 96.3 Å². The fourth-order valence-electron chi connectivity index (χ4n) is 11.2. The maximum Gasteiger partial charge on any atom is 0.412 e. The lowest BCUT2D eigenvalue weighted by atomic mass is 9.55. The van der Waals surface area contributed by atoms with Gasteiger partial charge in [-0.3, -0.25) is 4.90 Å². The van der Waals surface area contributed by atoms with Crippen molar-refractivity contribution in [3.05, 3.63) is 48.1 Å². The third kappa shape index (κ3) is 18.2. The van der Waals surface area contributed by atoms with Gasteiger partial charge < -0.3 is 39.3 Å². The van der Waals surface area contributed by atoms with Gasteiger partial charge in [0.05, 0.1) is 24.8 Å². The Bertz CT molecular complexity index is 1670. The average molecular weight is 966 g/mol. The zero-order chi connectivity index (χ0) is 49.5. The number of aliphatic hydroxyl groups is 2. The summed E-state index contributed by atoms with van der Waals surface area (Å²) < 4.78 is 26.5. The molecule has 1 heterocycles. The second kappa shape index (κ2) is 33.9. The molecule has 0 saturated heterocycles. The number of carbonyl (C=O) groups is 2. The van der Waals surface area contributed by atoms with Crippen molar-refractivity contribution >= 4 is 17.9 Å². The molecule has 392 valence electrons. The minimum Gasteiger partial charge on any atom is -0.459 e. The Balaban J connectivity index is 1.65. The van der Waals surface area contributed by atoms with Crippen LogP contribution >= 0.6 is 0 Å². The molecule has 12 nitrogen and oxygen atoms in total. The van der Waals surface area contributed by atoms with Crippen LogP contribution in [0, 0.1) is 17.8 Å². The fraction of sp³-hybridized carbons (Fsp3) is 0.772. The van der Waals surface area contributed by atoms with E-state index >= 15 is 0 Å². The number of aliphatic hydroxyl groups excluding tert-OH is 2. The third-order valence-corrected chi connectivity index (χ3v) is 14.7. The summed E-state index contributed by atoms with van der Waals surface area (Å²) in [6, 6.07) is 4.95. The van der Waals surface area contributed by atoms with Gasteiger partial charge in [-0.2, -0.15) is 0 Å². The van der Waals surface area contributed by atoms with Crippen LogP contribution in [-0.2, 0) is 14.3 Å². The second-order valence-electron chi connectivity index (χ2n) is 19.9. The maximum absolute atomic E-state index is 14.5. The van der Waals surface area contributed by atoms with E-state index < -0.39 is 29.9 Å². The van der Waals surface area contributed by atoms with Crippen LogP contribution in [0.25, 0.3) is 0 Å². The Morgan fingerprint density at radius 3 is 2.01 bits per heavy atom. The fourth-order valence-corrected chi connectivity index (χ4v) is 11.2. The normalized spacial score (nSPS) is 22.0. The molecule has 0 spiro atoms. The van der Waals surface area contributed by atoms with E-state index in [0.29, 0.717) is 56.9 Å². The summed E-state index contributed by atoms with van der Waals surface area (Å²) in [6.45, 7) is 12.3. The van der Waals surface area contributed by atoms with E-state index in [1.807, 2.05) is 12.1 Å². The van der Waals surface area contributed by atoms with Gasteiger partial charge in [-0.1, -0.05) is 166 Å².